The summed E-state index contributed by atoms with van der Waals surface area (Å²) in [7, 11) is 6.47. The second kappa shape index (κ2) is 18.7. The van der Waals surface area contributed by atoms with Crippen LogP contribution in [0.5, 0.6) is 28.7 Å². The van der Waals surface area contributed by atoms with Crippen LogP contribution in [0.3, 0.4) is 0 Å². The number of unbranched alkanes of at least 4 members (excludes halogenated alkanes) is 2. The number of rotatable bonds is 18. The number of ether oxygens (including phenoxy) is 5. The van der Waals surface area contributed by atoms with Crippen molar-refractivity contribution in [2.75, 3.05) is 39.9 Å². The van der Waals surface area contributed by atoms with Crippen LogP contribution in [-0.4, -0.2) is 46.1 Å². The molecule has 5 aromatic rings. The number of hydrogen-bond donors (Lipinski definition) is 1. The zero-order chi connectivity index (χ0) is 36.7. The average molecular weight is 700 g/mol. The second-order valence-electron chi connectivity index (χ2n) is 11.9. The van der Waals surface area contributed by atoms with E-state index in [-0.39, 0.29) is 6.42 Å². The fourth-order valence-electron chi connectivity index (χ4n) is 5.78. The van der Waals surface area contributed by atoms with Crippen molar-refractivity contribution in [3.05, 3.63) is 131 Å². The van der Waals surface area contributed by atoms with Gasteiger partial charge in [-0.1, -0.05) is 72.8 Å². The Hall–Kier alpha value is -6.15. The molecule has 0 aliphatic rings. The maximum atomic E-state index is 10.8. The van der Waals surface area contributed by atoms with Crippen LogP contribution in [0.1, 0.15) is 47.9 Å². The van der Waals surface area contributed by atoms with E-state index in [0.29, 0.717) is 41.8 Å². The Bertz CT molecular complexity index is 1890. The first kappa shape index (κ1) is 37.1. The van der Waals surface area contributed by atoms with Gasteiger partial charge in [-0.2, -0.15) is 0 Å². The molecule has 0 spiro atoms. The standard InChI is InChI=1S/C44H45NO7/c1-48-39-31-35(24-20-33-28-41(50-3)44(42(29-33)51-4)52-27-13-7-12-18-43(46)47)40(49-2)30-34(39)23-19-32-21-25-38(26-22-32)45(36-14-8-5-9-15-36)37-16-10-6-11-17-37/h5-6,8-11,14-17,19-26,28-31H,7,12-13,18,27H2,1-4H3,(H,46,47)/b23-19+,24-20+. The molecule has 0 aliphatic heterocycles. The van der Waals surface area contributed by atoms with Gasteiger partial charge < -0.3 is 33.7 Å². The summed E-state index contributed by atoms with van der Waals surface area (Å²) in [6.45, 7) is 0.422. The fourth-order valence-corrected chi connectivity index (χ4v) is 5.78. The number of para-hydroxylation sites is 2. The van der Waals surface area contributed by atoms with E-state index in [2.05, 4.69) is 59.5 Å². The van der Waals surface area contributed by atoms with Gasteiger partial charge in [0.25, 0.3) is 0 Å². The number of carbonyl (C=O) groups is 1. The number of hydrogen-bond acceptors (Lipinski definition) is 7. The van der Waals surface area contributed by atoms with Crippen LogP contribution in [0, 0.1) is 0 Å². The lowest BCUT2D eigenvalue weighted by Gasteiger charge is -2.25. The molecule has 0 fully saturated rings. The first-order valence-electron chi connectivity index (χ1n) is 17.2. The maximum Gasteiger partial charge on any atom is 0.303 e. The van der Waals surface area contributed by atoms with E-state index < -0.39 is 5.97 Å². The molecule has 0 aliphatic carbocycles. The third kappa shape index (κ3) is 9.75. The van der Waals surface area contributed by atoms with Crippen LogP contribution in [-0.2, 0) is 4.79 Å². The SMILES string of the molecule is COc1cc(/C=C/c2cc(OC)c(OCCCCCC(=O)O)c(OC)c2)c(OC)cc1/C=C/c1ccc(N(c2ccccc2)c2ccccc2)cc1. The highest BCUT2D eigenvalue weighted by atomic mass is 16.5. The van der Waals surface area contributed by atoms with Crippen LogP contribution >= 0.6 is 0 Å². The van der Waals surface area contributed by atoms with Gasteiger partial charge in [-0.25, -0.2) is 0 Å². The number of carboxylic acid groups (broad SMARTS) is 1. The van der Waals surface area contributed by atoms with Gasteiger partial charge in [-0.15, -0.1) is 0 Å². The van der Waals surface area contributed by atoms with Gasteiger partial charge in [0, 0.05) is 34.6 Å². The topological polar surface area (TPSA) is 86.7 Å². The molecule has 0 aromatic heterocycles. The minimum Gasteiger partial charge on any atom is -0.496 e. The molecule has 8 nitrogen and oxygen atoms in total. The zero-order valence-electron chi connectivity index (χ0n) is 30.1. The summed E-state index contributed by atoms with van der Waals surface area (Å²) in [5, 5.41) is 8.84. The Morgan fingerprint density at radius 1 is 0.558 bits per heavy atom. The second-order valence-corrected chi connectivity index (χ2v) is 11.9. The van der Waals surface area contributed by atoms with Crippen LogP contribution in [0.4, 0.5) is 17.1 Å². The summed E-state index contributed by atoms with van der Waals surface area (Å²) in [6, 6.07) is 36.8. The Morgan fingerprint density at radius 2 is 1.04 bits per heavy atom. The Balaban J connectivity index is 1.33. The monoisotopic (exact) mass is 699 g/mol. The van der Waals surface area contributed by atoms with Crippen molar-refractivity contribution in [2.24, 2.45) is 0 Å². The van der Waals surface area contributed by atoms with Gasteiger partial charge in [0.2, 0.25) is 5.75 Å². The number of methoxy groups -OCH3 is 4. The fraction of sp³-hybridized carbons (Fsp3) is 0.205. The summed E-state index contributed by atoms with van der Waals surface area (Å²) < 4.78 is 28.9. The molecule has 52 heavy (non-hydrogen) atoms. The Kier molecular flexibility index (Phi) is 13.4. The van der Waals surface area contributed by atoms with Crippen LogP contribution in [0.2, 0.25) is 0 Å². The van der Waals surface area contributed by atoms with E-state index in [1.807, 2.05) is 78.9 Å². The maximum absolute atomic E-state index is 10.8. The molecule has 0 atom stereocenters. The third-order valence-electron chi connectivity index (χ3n) is 8.44. The molecule has 0 heterocycles. The molecular weight excluding hydrogens is 654 g/mol. The summed E-state index contributed by atoms with van der Waals surface area (Å²) in [5.41, 5.74) is 6.84. The van der Waals surface area contributed by atoms with E-state index in [4.69, 9.17) is 28.8 Å². The third-order valence-corrected chi connectivity index (χ3v) is 8.44. The van der Waals surface area contributed by atoms with Crippen molar-refractivity contribution in [3.63, 3.8) is 0 Å². The number of carboxylic acids is 1. The minimum absolute atomic E-state index is 0.156. The van der Waals surface area contributed by atoms with E-state index in [1.165, 1.54) is 0 Å². The highest BCUT2D eigenvalue weighted by Gasteiger charge is 2.15. The lowest BCUT2D eigenvalue weighted by molar-refractivity contribution is -0.137. The minimum atomic E-state index is -0.787. The van der Waals surface area contributed by atoms with Crippen molar-refractivity contribution in [1.29, 1.82) is 0 Å². The predicted molar refractivity (Wildman–Crippen MR) is 210 cm³/mol. The quantitative estimate of drug-likeness (QED) is 0.0714. The number of anilines is 3. The lowest BCUT2D eigenvalue weighted by atomic mass is 10.0. The van der Waals surface area contributed by atoms with Crippen LogP contribution < -0.4 is 28.6 Å². The largest absolute Gasteiger partial charge is 0.496 e. The highest BCUT2D eigenvalue weighted by Crippen LogP contribution is 2.40. The van der Waals surface area contributed by atoms with E-state index in [9.17, 15) is 4.79 Å². The Labute approximate surface area is 306 Å². The van der Waals surface area contributed by atoms with E-state index >= 15 is 0 Å². The highest BCUT2D eigenvalue weighted by molar-refractivity contribution is 5.81. The first-order valence-corrected chi connectivity index (χ1v) is 17.2. The van der Waals surface area contributed by atoms with Gasteiger partial charge in [-0.3, -0.25) is 4.79 Å². The molecule has 0 amide bonds. The van der Waals surface area contributed by atoms with Gasteiger partial charge >= 0.3 is 5.97 Å². The molecule has 1 N–H and O–H groups in total. The molecule has 0 radical (unpaired) electrons. The van der Waals surface area contributed by atoms with Crippen LogP contribution in [0.25, 0.3) is 24.3 Å². The van der Waals surface area contributed by atoms with Crippen LogP contribution in [0.15, 0.2) is 109 Å². The summed E-state index contributed by atoms with van der Waals surface area (Å²) in [5.74, 6) is 2.19. The van der Waals surface area contributed by atoms with Crippen molar-refractivity contribution < 1.29 is 33.6 Å². The van der Waals surface area contributed by atoms with Crippen molar-refractivity contribution in [2.45, 2.75) is 25.7 Å². The van der Waals surface area contributed by atoms with Crippen molar-refractivity contribution in [3.8, 4) is 28.7 Å². The van der Waals surface area contributed by atoms with Gasteiger partial charge in [0.15, 0.2) is 11.5 Å². The molecule has 0 saturated heterocycles. The van der Waals surface area contributed by atoms with Gasteiger partial charge in [0.1, 0.15) is 11.5 Å². The molecule has 0 unspecified atom stereocenters. The Morgan fingerprint density at radius 3 is 1.52 bits per heavy atom. The molecule has 5 rings (SSSR count). The number of aliphatic carboxylic acids is 1. The van der Waals surface area contributed by atoms with E-state index in [1.54, 1.807) is 28.4 Å². The summed E-state index contributed by atoms with van der Waals surface area (Å²) in [4.78, 5) is 13.0. The predicted octanol–water partition coefficient (Wildman–Crippen LogP) is 10.6. The number of nitrogens with zero attached hydrogens (tertiary/aromatic N) is 1. The van der Waals surface area contributed by atoms with Crippen molar-refractivity contribution >= 4 is 47.3 Å². The van der Waals surface area contributed by atoms with Gasteiger partial charge in [0.05, 0.1) is 35.0 Å². The first-order chi connectivity index (χ1) is 25.4. The molecule has 268 valence electrons. The smallest absolute Gasteiger partial charge is 0.303 e. The molecular formula is C44H45NO7. The average Bonchev–Trinajstić information content (AvgIpc) is 3.18. The van der Waals surface area contributed by atoms with Gasteiger partial charge in [-0.05, 0) is 91.1 Å². The molecule has 5 aromatic carbocycles. The summed E-state index contributed by atoms with van der Waals surface area (Å²) in [6.07, 6.45) is 10.2. The lowest BCUT2D eigenvalue weighted by Crippen LogP contribution is -2.09. The summed E-state index contributed by atoms with van der Waals surface area (Å²) >= 11 is 0. The van der Waals surface area contributed by atoms with E-state index in [0.717, 1.165) is 52.2 Å². The zero-order valence-corrected chi connectivity index (χ0v) is 30.1. The molecule has 8 heteroatoms. The normalized spacial score (nSPS) is 11.1. The van der Waals surface area contributed by atoms with Crippen molar-refractivity contribution in [1.82, 2.24) is 0 Å². The number of benzene rings is 5. The molecule has 0 bridgehead atoms. The molecule has 0 saturated carbocycles.